The van der Waals surface area contributed by atoms with E-state index in [4.69, 9.17) is 9.47 Å². The van der Waals surface area contributed by atoms with Crippen LogP contribution < -0.4 is 9.47 Å². The topological polar surface area (TPSA) is 38.8 Å². The summed E-state index contributed by atoms with van der Waals surface area (Å²) in [5, 5.41) is 0. The summed E-state index contributed by atoms with van der Waals surface area (Å²) in [7, 11) is 3.26. The van der Waals surface area contributed by atoms with E-state index in [1.807, 2.05) is 24.3 Å². The molecule has 0 atom stereocenters. The Morgan fingerprint density at radius 1 is 1.20 bits per heavy atom. The highest BCUT2D eigenvalue weighted by atomic mass is 16.5. The second-order valence-corrected chi connectivity index (χ2v) is 5.26. The minimum atomic E-state index is 0.218. The molecule has 0 spiro atoms. The fourth-order valence-corrected chi connectivity index (χ4v) is 2.99. The van der Waals surface area contributed by atoms with Crippen LogP contribution in [0.4, 0.5) is 0 Å². The predicted octanol–water partition coefficient (Wildman–Crippen LogP) is 2.34. The number of Topliss-reactive ketones (excluding diaryl/α,β-unsaturated/α-hetero) is 1. The van der Waals surface area contributed by atoms with Gasteiger partial charge in [0.1, 0.15) is 11.5 Å². The van der Waals surface area contributed by atoms with Crippen LogP contribution in [-0.4, -0.2) is 38.0 Å². The fraction of sp³-hybridized carbons (Fsp3) is 0.438. The third-order valence-corrected chi connectivity index (χ3v) is 4.19. The van der Waals surface area contributed by atoms with Gasteiger partial charge in [0.25, 0.3) is 0 Å². The van der Waals surface area contributed by atoms with Crippen LogP contribution in [0.2, 0.25) is 0 Å². The van der Waals surface area contributed by atoms with Crippen molar-refractivity contribution in [3.8, 4) is 11.5 Å². The van der Waals surface area contributed by atoms with Crippen molar-refractivity contribution < 1.29 is 14.3 Å². The zero-order valence-corrected chi connectivity index (χ0v) is 11.9. The zero-order chi connectivity index (χ0) is 14.1. The number of ketones is 1. The number of benzene rings is 1. The summed E-state index contributed by atoms with van der Waals surface area (Å²) >= 11 is 0. The lowest BCUT2D eigenvalue weighted by molar-refractivity contribution is -0.125. The summed E-state index contributed by atoms with van der Waals surface area (Å²) in [5.41, 5.74) is 1.75. The van der Waals surface area contributed by atoms with Crippen molar-refractivity contribution in [3.63, 3.8) is 0 Å². The highest BCUT2D eigenvalue weighted by Crippen LogP contribution is 2.34. The lowest BCUT2D eigenvalue weighted by Crippen LogP contribution is -2.45. The smallest absolute Gasteiger partial charge is 0.182 e. The molecule has 0 aromatic heterocycles. The Balaban J connectivity index is 1.97. The lowest BCUT2D eigenvalue weighted by atomic mass is 9.84. The van der Waals surface area contributed by atoms with Gasteiger partial charge in [0.2, 0.25) is 0 Å². The van der Waals surface area contributed by atoms with E-state index in [1.54, 1.807) is 14.2 Å². The molecule has 0 radical (unpaired) electrons. The normalized spacial score (nSPS) is 20.6. The molecule has 1 aromatic carbocycles. The number of piperidine rings is 3. The number of fused-ring (bicyclic) bond motifs is 3. The molecule has 0 unspecified atom stereocenters. The number of carbonyl (C=O) groups is 1. The molecular formula is C16H19NO3. The van der Waals surface area contributed by atoms with Crippen LogP contribution in [-0.2, 0) is 4.79 Å². The van der Waals surface area contributed by atoms with Crippen LogP contribution in [0.3, 0.4) is 0 Å². The van der Waals surface area contributed by atoms with Crippen molar-refractivity contribution in [1.29, 1.82) is 0 Å². The summed E-state index contributed by atoms with van der Waals surface area (Å²) in [6.07, 6.45) is 3.94. The number of methoxy groups -OCH3 is 2. The van der Waals surface area contributed by atoms with Crippen LogP contribution in [0, 0.1) is 5.92 Å². The first-order chi connectivity index (χ1) is 9.72. The fourth-order valence-electron chi connectivity index (χ4n) is 2.99. The number of nitrogens with zero attached hydrogens (tertiary/aromatic N) is 1. The molecule has 20 heavy (non-hydrogen) atoms. The molecule has 2 bridgehead atoms. The predicted molar refractivity (Wildman–Crippen MR) is 76.8 cm³/mol. The molecule has 4 heteroatoms. The summed E-state index contributed by atoms with van der Waals surface area (Å²) in [6, 6.07) is 5.66. The van der Waals surface area contributed by atoms with Crippen molar-refractivity contribution >= 4 is 11.9 Å². The van der Waals surface area contributed by atoms with Gasteiger partial charge in [-0.15, -0.1) is 0 Å². The standard InChI is InChI=1S/C16H19NO3/c1-19-13-4-3-12(15(10-13)20-2)9-14-16(18)11-5-7-17(14)8-6-11/h3-4,9-11H,5-8H2,1-2H3/b14-9-. The van der Waals surface area contributed by atoms with Gasteiger partial charge in [-0.1, -0.05) is 0 Å². The molecule has 3 aliphatic rings. The molecular weight excluding hydrogens is 254 g/mol. The van der Waals surface area contributed by atoms with E-state index in [2.05, 4.69) is 4.90 Å². The van der Waals surface area contributed by atoms with Crippen LogP contribution in [0.5, 0.6) is 11.5 Å². The van der Waals surface area contributed by atoms with Crippen LogP contribution >= 0.6 is 0 Å². The Morgan fingerprint density at radius 3 is 2.55 bits per heavy atom. The average Bonchev–Trinajstić information content (AvgIpc) is 2.51. The largest absolute Gasteiger partial charge is 0.497 e. The van der Waals surface area contributed by atoms with Gasteiger partial charge in [-0.3, -0.25) is 4.79 Å². The summed E-state index contributed by atoms with van der Waals surface area (Å²) in [4.78, 5) is 14.5. The summed E-state index contributed by atoms with van der Waals surface area (Å²) in [6.45, 7) is 1.97. The Labute approximate surface area is 119 Å². The van der Waals surface area contributed by atoms with Crippen LogP contribution in [0.25, 0.3) is 6.08 Å². The van der Waals surface area contributed by atoms with E-state index in [0.717, 1.165) is 48.7 Å². The Morgan fingerprint density at radius 2 is 1.95 bits per heavy atom. The molecule has 4 nitrogen and oxygen atoms in total. The zero-order valence-electron chi connectivity index (χ0n) is 11.9. The summed E-state index contributed by atoms with van der Waals surface area (Å²) < 4.78 is 10.6. The highest BCUT2D eigenvalue weighted by Gasteiger charge is 2.36. The maximum atomic E-state index is 12.3. The minimum Gasteiger partial charge on any atom is -0.497 e. The first kappa shape index (κ1) is 13.0. The van der Waals surface area contributed by atoms with Gasteiger partial charge in [0.05, 0.1) is 19.9 Å². The maximum Gasteiger partial charge on any atom is 0.182 e. The van der Waals surface area contributed by atoms with Crippen molar-refractivity contribution in [3.05, 3.63) is 29.5 Å². The molecule has 0 saturated carbocycles. The lowest BCUT2D eigenvalue weighted by Gasteiger charge is -2.41. The maximum absolute atomic E-state index is 12.3. The third-order valence-electron chi connectivity index (χ3n) is 4.19. The molecule has 0 aliphatic carbocycles. The van der Waals surface area contributed by atoms with E-state index in [-0.39, 0.29) is 11.7 Å². The van der Waals surface area contributed by atoms with Gasteiger partial charge in [0.15, 0.2) is 5.78 Å². The van der Waals surface area contributed by atoms with Crippen molar-refractivity contribution in [2.24, 2.45) is 5.92 Å². The van der Waals surface area contributed by atoms with Crippen LogP contribution in [0.1, 0.15) is 18.4 Å². The van der Waals surface area contributed by atoms with E-state index in [0.29, 0.717) is 0 Å². The first-order valence-corrected chi connectivity index (χ1v) is 6.96. The van der Waals surface area contributed by atoms with Crippen molar-refractivity contribution in [1.82, 2.24) is 4.90 Å². The Bertz CT molecular complexity index is 557. The molecule has 3 fully saturated rings. The number of ether oxygens (including phenoxy) is 2. The molecule has 106 valence electrons. The number of rotatable bonds is 3. The van der Waals surface area contributed by atoms with Gasteiger partial charge < -0.3 is 14.4 Å². The average molecular weight is 273 g/mol. The quantitative estimate of drug-likeness (QED) is 0.792. The van der Waals surface area contributed by atoms with Gasteiger partial charge in [-0.2, -0.15) is 0 Å². The van der Waals surface area contributed by atoms with Crippen molar-refractivity contribution in [2.75, 3.05) is 27.3 Å². The van der Waals surface area contributed by atoms with Gasteiger partial charge in [-0.05, 0) is 31.1 Å². The van der Waals surface area contributed by atoms with Gasteiger partial charge in [-0.25, -0.2) is 0 Å². The molecule has 3 aliphatic heterocycles. The SMILES string of the molecule is COc1ccc(/C=C2/C(=O)C3CCN2CC3)c(OC)c1. The molecule has 3 heterocycles. The van der Waals surface area contributed by atoms with E-state index >= 15 is 0 Å². The van der Waals surface area contributed by atoms with E-state index in [1.165, 1.54) is 0 Å². The Hall–Kier alpha value is -1.97. The van der Waals surface area contributed by atoms with E-state index < -0.39 is 0 Å². The molecule has 3 saturated heterocycles. The Kier molecular flexibility index (Phi) is 3.38. The number of hydrogen-bond donors (Lipinski definition) is 0. The molecule has 0 N–H and O–H groups in total. The first-order valence-electron chi connectivity index (χ1n) is 6.96. The summed E-state index contributed by atoms with van der Waals surface area (Å²) in [5.74, 6) is 1.98. The van der Waals surface area contributed by atoms with E-state index in [9.17, 15) is 4.79 Å². The number of allylic oxidation sites excluding steroid dienone is 1. The van der Waals surface area contributed by atoms with Gasteiger partial charge >= 0.3 is 0 Å². The second-order valence-electron chi connectivity index (χ2n) is 5.26. The third kappa shape index (κ3) is 2.15. The second kappa shape index (κ2) is 5.19. The minimum absolute atomic E-state index is 0.218. The number of hydrogen-bond acceptors (Lipinski definition) is 4. The van der Waals surface area contributed by atoms with Crippen LogP contribution in [0.15, 0.2) is 23.9 Å². The monoisotopic (exact) mass is 273 g/mol. The molecule has 4 rings (SSSR count). The number of carbonyl (C=O) groups excluding carboxylic acids is 1. The molecule has 1 aromatic rings. The van der Waals surface area contributed by atoms with Gasteiger partial charge in [0, 0.05) is 30.6 Å². The highest BCUT2D eigenvalue weighted by molar-refractivity contribution is 6.02. The molecule has 0 amide bonds. The van der Waals surface area contributed by atoms with Crippen molar-refractivity contribution in [2.45, 2.75) is 12.8 Å².